The number of benzene rings is 2. The molecule has 7 nitrogen and oxygen atoms in total. The molecule has 0 aliphatic rings. The monoisotopic (exact) mass is 449 g/mol. The summed E-state index contributed by atoms with van der Waals surface area (Å²) < 4.78 is 11.9. The first kappa shape index (κ1) is 21.6. The summed E-state index contributed by atoms with van der Waals surface area (Å²) in [6.07, 6.45) is 0. The summed E-state index contributed by atoms with van der Waals surface area (Å²) in [7, 11) is 3.15. The van der Waals surface area contributed by atoms with Gasteiger partial charge < -0.3 is 14.8 Å². The van der Waals surface area contributed by atoms with Crippen molar-refractivity contribution < 1.29 is 14.3 Å². The van der Waals surface area contributed by atoms with Gasteiger partial charge in [0.25, 0.3) is 5.56 Å². The van der Waals surface area contributed by atoms with Gasteiger partial charge in [-0.2, -0.15) is 0 Å². The fourth-order valence-electron chi connectivity index (χ4n) is 3.55. The van der Waals surface area contributed by atoms with Crippen LogP contribution in [0.1, 0.15) is 11.4 Å². The number of rotatable bonds is 6. The Morgan fingerprint density at radius 3 is 2.53 bits per heavy atom. The molecule has 0 radical (unpaired) electrons. The number of amides is 1. The Balaban J connectivity index is 1.69. The molecule has 1 N–H and O–H groups in total. The summed E-state index contributed by atoms with van der Waals surface area (Å²) in [5, 5.41) is 5.27. The third-order valence-electron chi connectivity index (χ3n) is 5.22. The number of fused-ring (bicyclic) bond motifs is 1. The number of aryl methyl sites for hydroxylation is 2. The van der Waals surface area contributed by atoms with Gasteiger partial charge in [-0.05, 0) is 49.2 Å². The highest BCUT2D eigenvalue weighted by molar-refractivity contribution is 7.17. The lowest BCUT2D eigenvalue weighted by Crippen LogP contribution is -2.30. The SMILES string of the molecule is COc1ccc(-c2csc3nc(C)n(CC(=O)Nc4cc(C)ccc4OC)c(=O)c23)cc1. The summed E-state index contributed by atoms with van der Waals surface area (Å²) in [5.41, 5.74) is 2.98. The van der Waals surface area contributed by atoms with Gasteiger partial charge in [0.15, 0.2) is 0 Å². The number of hydrogen-bond acceptors (Lipinski definition) is 6. The fraction of sp³-hybridized carbons (Fsp3) is 0.208. The number of carbonyl (C=O) groups excluding carboxylic acids is 1. The van der Waals surface area contributed by atoms with Gasteiger partial charge in [0.1, 0.15) is 28.7 Å². The van der Waals surface area contributed by atoms with Crippen LogP contribution in [-0.4, -0.2) is 29.7 Å². The standard InChI is InChI=1S/C24H23N3O4S/c1-14-5-10-20(31-4)19(11-14)26-21(28)12-27-15(2)25-23-22(24(27)29)18(13-32-23)16-6-8-17(30-3)9-7-16/h5-11,13H,12H2,1-4H3,(H,26,28). The van der Waals surface area contributed by atoms with Crippen LogP contribution in [0, 0.1) is 13.8 Å². The van der Waals surface area contributed by atoms with E-state index >= 15 is 0 Å². The normalized spacial score (nSPS) is 10.9. The number of carbonyl (C=O) groups is 1. The number of anilines is 1. The Morgan fingerprint density at radius 1 is 1.09 bits per heavy atom. The zero-order valence-electron chi connectivity index (χ0n) is 18.3. The van der Waals surface area contributed by atoms with Crippen LogP contribution in [0.4, 0.5) is 5.69 Å². The molecule has 0 atom stereocenters. The molecule has 2 heterocycles. The molecule has 0 unspecified atom stereocenters. The van der Waals surface area contributed by atoms with Crippen molar-refractivity contribution in [2.45, 2.75) is 20.4 Å². The van der Waals surface area contributed by atoms with E-state index in [0.29, 0.717) is 27.5 Å². The van der Waals surface area contributed by atoms with E-state index in [0.717, 1.165) is 22.4 Å². The molecule has 4 rings (SSSR count). The highest BCUT2D eigenvalue weighted by Crippen LogP contribution is 2.32. The Kier molecular flexibility index (Phi) is 5.96. The highest BCUT2D eigenvalue weighted by atomic mass is 32.1. The smallest absolute Gasteiger partial charge is 0.263 e. The van der Waals surface area contributed by atoms with E-state index in [4.69, 9.17) is 9.47 Å². The van der Waals surface area contributed by atoms with Crippen LogP contribution < -0.4 is 20.3 Å². The van der Waals surface area contributed by atoms with Crippen LogP contribution >= 0.6 is 11.3 Å². The van der Waals surface area contributed by atoms with Gasteiger partial charge in [-0.1, -0.05) is 18.2 Å². The predicted molar refractivity (Wildman–Crippen MR) is 127 cm³/mol. The summed E-state index contributed by atoms with van der Waals surface area (Å²) in [6, 6.07) is 13.0. The van der Waals surface area contributed by atoms with E-state index in [1.54, 1.807) is 27.2 Å². The number of nitrogens with zero attached hydrogens (tertiary/aromatic N) is 2. The van der Waals surface area contributed by atoms with Gasteiger partial charge in [-0.15, -0.1) is 11.3 Å². The maximum atomic E-state index is 13.4. The molecule has 8 heteroatoms. The second-order valence-electron chi connectivity index (χ2n) is 7.36. The molecule has 2 aromatic heterocycles. The summed E-state index contributed by atoms with van der Waals surface area (Å²) in [6.45, 7) is 3.51. The van der Waals surface area contributed by atoms with E-state index in [1.807, 2.05) is 48.7 Å². The molecule has 4 aromatic rings. The average Bonchev–Trinajstić information content (AvgIpc) is 3.20. The lowest BCUT2D eigenvalue weighted by molar-refractivity contribution is -0.116. The molecule has 0 aliphatic heterocycles. The number of methoxy groups -OCH3 is 2. The molecule has 1 amide bonds. The minimum atomic E-state index is -0.332. The summed E-state index contributed by atoms with van der Waals surface area (Å²) in [5.74, 6) is 1.45. The van der Waals surface area contributed by atoms with Gasteiger partial charge >= 0.3 is 0 Å². The molecule has 0 spiro atoms. The van der Waals surface area contributed by atoms with E-state index in [2.05, 4.69) is 10.3 Å². The summed E-state index contributed by atoms with van der Waals surface area (Å²) >= 11 is 1.41. The predicted octanol–water partition coefficient (Wildman–Crippen LogP) is 4.40. The first-order valence-electron chi connectivity index (χ1n) is 9.99. The first-order chi connectivity index (χ1) is 15.4. The second-order valence-corrected chi connectivity index (χ2v) is 8.22. The van der Waals surface area contributed by atoms with Gasteiger partial charge in [0.2, 0.25) is 5.91 Å². The van der Waals surface area contributed by atoms with Crippen LogP contribution in [0.25, 0.3) is 21.3 Å². The van der Waals surface area contributed by atoms with Crippen molar-refractivity contribution in [3.63, 3.8) is 0 Å². The van der Waals surface area contributed by atoms with E-state index < -0.39 is 0 Å². The molecule has 0 bridgehead atoms. The van der Waals surface area contributed by atoms with E-state index in [1.165, 1.54) is 15.9 Å². The van der Waals surface area contributed by atoms with Gasteiger partial charge in [0.05, 0.1) is 25.3 Å². The van der Waals surface area contributed by atoms with E-state index in [-0.39, 0.29) is 18.0 Å². The molecule has 0 saturated heterocycles. The third-order valence-corrected chi connectivity index (χ3v) is 6.09. The summed E-state index contributed by atoms with van der Waals surface area (Å²) in [4.78, 5) is 31.4. The molecule has 0 saturated carbocycles. The van der Waals surface area contributed by atoms with Crippen LogP contribution in [0.3, 0.4) is 0 Å². The Hall–Kier alpha value is -3.65. The van der Waals surface area contributed by atoms with Crippen molar-refractivity contribution in [2.75, 3.05) is 19.5 Å². The molecule has 164 valence electrons. The fourth-order valence-corrected chi connectivity index (χ4v) is 4.53. The maximum absolute atomic E-state index is 13.4. The molecular formula is C24H23N3O4S. The minimum absolute atomic E-state index is 0.150. The lowest BCUT2D eigenvalue weighted by Gasteiger charge is -2.13. The van der Waals surface area contributed by atoms with Crippen molar-refractivity contribution in [3.8, 4) is 22.6 Å². The zero-order valence-corrected chi connectivity index (χ0v) is 19.1. The molecule has 2 aromatic carbocycles. The molecular weight excluding hydrogens is 426 g/mol. The Bertz CT molecular complexity index is 1360. The average molecular weight is 450 g/mol. The number of thiophene rings is 1. The minimum Gasteiger partial charge on any atom is -0.497 e. The number of ether oxygens (including phenoxy) is 2. The van der Waals surface area contributed by atoms with Crippen LogP contribution in [0.5, 0.6) is 11.5 Å². The number of nitrogens with one attached hydrogen (secondary N) is 1. The second kappa shape index (κ2) is 8.84. The maximum Gasteiger partial charge on any atom is 0.263 e. The van der Waals surface area contributed by atoms with Crippen molar-refractivity contribution in [2.24, 2.45) is 0 Å². The van der Waals surface area contributed by atoms with Crippen molar-refractivity contribution >= 4 is 33.1 Å². The van der Waals surface area contributed by atoms with Crippen LogP contribution in [0.2, 0.25) is 0 Å². The molecule has 0 aliphatic carbocycles. The molecule has 32 heavy (non-hydrogen) atoms. The van der Waals surface area contributed by atoms with Crippen LogP contribution in [0.15, 0.2) is 52.6 Å². The number of hydrogen-bond donors (Lipinski definition) is 1. The topological polar surface area (TPSA) is 82.5 Å². The van der Waals surface area contributed by atoms with Gasteiger partial charge in [-0.3, -0.25) is 14.2 Å². The molecule has 0 fully saturated rings. The van der Waals surface area contributed by atoms with Crippen molar-refractivity contribution in [1.29, 1.82) is 0 Å². The first-order valence-corrected chi connectivity index (χ1v) is 10.9. The van der Waals surface area contributed by atoms with Gasteiger partial charge in [0, 0.05) is 10.9 Å². The quantitative estimate of drug-likeness (QED) is 0.472. The Labute approximate surface area is 189 Å². The van der Waals surface area contributed by atoms with Crippen molar-refractivity contribution in [1.82, 2.24) is 9.55 Å². The zero-order chi connectivity index (χ0) is 22.8. The van der Waals surface area contributed by atoms with E-state index in [9.17, 15) is 9.59 Å². The number of aromatic nitrogens is 2. The third kappa shape index (κ3) is 4.09. The van der Waals surface area contributed by atoms with Gasteiger partial charge in [-0.25, -0.2) is 4.98 Å². The van der Waals surface area contributed by atoms with Crippen molar-refractivity contribution in [3.05, 3.63) is 69.6 Å². The Morgan fingerprint density at radius 2 is 1.84 bits per heavy atom. The van der Waals surface area contributed by atoms with Crippen LogP contribution in [-0.2, 0) is 11.3 Å². The lowest BCUT2D eigenvalue weighted by atomic mass is 10.1. The largest absolute Gasteiger partial charge is 0.497 e. The highest BCUT2D eigenvalue weighted by Gasteiger charge is 2.18.